The van der Waals surface area contributed by atoms with Crippen molar-refractivity contribution in [3.05, 3.63) is 35.9 Å². The maximum absolute atomic E-state index is 13.4. The number of ether oxygens (including phenoxy) is 1. The lowest BCUT2D eigenvalue weighted by molar-refractivity contribution is -0.151. The van der Waals surface area contributed by atoms with Crippen LogP contribution < -0.4 is 0 Å². The molecule has 1 aromatic rings. The third-order valence-corrected chi connectivity index (χ3v) is 18.4. The van der Waals surface area contributed by atoms with Gasteiger partial charge in [0.2, 0.25) is 0 Å². The minimum atomic E-state index is -2.28. The van der Waals surface area contributed by atoms with Gasteiger partial charge in [0.05, 0.1) is 24.7 Å². The van der Waals surface area contributed by atoms with Gasteiger partial charge in [0, 0.05) is 11.0 Å². The molecule has 200 valence electrons. The van der Waals surface area contributed by atoms with Gasteiger partial charge >= 0.3 is 5.97 Å². The van der Waals surface area contributed by atoms with Crippen LogP contribution in [-0.4, -0.2) is 57.9 Å². The Balaban J connectivity index is 2.51. The molecule has 8 heteroatoms. The van der Waals surface area contributed by atoms with Crippen molar-refractivity contribution >= 4 is 34.4 Å². The van der Waals surface area contributed by atoms with Gasteiger partial charge in [-0.25, -0.2) is 0 Å². The maximum Gasteiger partial charge on any atom is 0.312 e. The van der Waals surface area contributed by atoms with Crippen molar-refractivity contribution in [1.82, 2.24) is 0 Å². The van der Waals surface area contributed by atoms with Gasteiger partial charge in [-0.2, -0.15) is 11.8 Å². The van der Waals surface area contributed by atoms with E-state index in [0.29, 0.717) is 6.61 Å². The van der Waals surface area contributed by atoms with E-state index in [1.807, 2.05) is 25.1 Å². The van der Waals surface area contributed by atoms with Gasteiger partial charge in [0.15, 0.2) is 16.6 Å². The summed E-state index contributed by atoms with van der Waals surface area (Å²) in [6, 6.07) is 10.2. The molecule has 0 saturated heterocycles. The molecular weight excluding hydrogens is 493 g/mol. The summed E-state index contributed by atoms with van der Waals surface area (Å²) in [6.07, 6.45) is -2.06. The lowest BCUT2D eigenvalue weighted by Crippen LogP contribution is -2.51. The zero-order chi connectivity index (χ0) is 26.8. The minimum absolute atomic E-state index is 0.0286. The minimum Gasteiger partial charge on any atom is -0.466 e. The molecule has 1 aliphatic rings. The highest BCUT2D eigenvalue weighted by molar-refractivity contribution is 7.99. The first-order chi connectivity index (χ1) is 15.9. The molecule has 0 aliphatic heterocycles. The summed E-state index contributed by atoms with van der Waals surface area (Å²) in [5.41, 5.74) is 1.18. The van der Waals surface area contributed by atoms with E-state index in [4.69, 9.17) is 13.6 Å². The molecule has 0 heterocycles. The Morgan fingerprint density at radius 2 is 1.40 bits per heavy atom. The molecule has 0 radical (unpaired) electrons. The lowest BCUT2D eigenvalue weighted by Gasteiger charge is -2.41. The molecule has 1 N–H and O–H groups in total. The topological polar surface area (TPSA) is 65.0 Å². The van der Waals surface area contributed by atoms with Crippen LogP contribution in [0.1, 0.15) is 54.0 Å². The van der Waals surface area contributed by atoms with Gasteiger partial charge in [0.25, 0.3) is 0 Å². The molecule has 0 spiro atoms. The van der Waals surface area contributed by atoms with Gasteiger partial charge in [0.1, 0.15) is 6.10 Å². The molecule has 1 aromatic carbocycles. The predicted molar refractivity (Wildman–Crippen MR) is 152 cm³/mol. The maximum atomic E-state index is 13.4. The fraction of sp³-hybridized carbons (Fsp3) is 0.741. The van der Waals surface area contributed by atoms with Crippen LogP contribution in [0.4, 0.5) is 0 Å². The zero-order valence-corrected chi connectivity index (χ0v) is 26.5. The van der Waals surface area contributed by atoms with Gasteiger partial charge < -0.3 is 18.7 Å². The second-order valence-corrected chi connectivity index (χ2v) is 23.4. The van der Waals surface area contributed by atoms with Crippen molar-refractivity contribution in [3.63, 3.8) is 0 Å². The quantitative estimate of drug-likeness (QED) is 0.280. The summed E-state index contributed by atoms with van der Waals surface area (Å²) in [5, 5.41) is 11.4. The number of hydrogen-bond acceptors (Lipinski definition) is 6. The highest BCUT2D eigenvalue weighted by Crippen LogP contribution is 2.48. The number of aliphatic hydroxyl groups is 1. The Bertz CT molecular complexity index is 832. The first kappa shape index (κ1) is 30.6. The molecule has 1 saturated carbocycles. The standard InChI is InChI=1S/C27H48O5SSi2/c1-12-30-25(29)20-22(31-34(8,9)26(2,3)4)21(28)23(32-35(10,11)27(5,6)7)24(20)33-18-19-16-14-13-15-17-19/h13-17,20-24,28H,12,18H2,1-11H3/t20-,21+,22+,23-,24+/m0/s1. The van der Waals surface area contributed by atoms with E-state index in [1.54, 1.807) is 11.8 Å². The van der Waals surface area contributed by atoms with Gasteiger partial charge in [-0.3, -0.25) is 4.79 Å². The highest BCUT2D eigenvalue weighted by atomic mass is 32.2. The van der Waals surface area contributed by atoms with Crippen LogP contribution in [0.3, 0.4) is 0 Å². The van der Waals surface area contributed by atoms with Crippen LogP contribution >= 0.6 is 11.8 Å². The third-order valence-electron chi connectivity index (χ3n) is 8.02. The number of hydrogen-bond donors (Lipinski definition) is 1. The van der Waals surface area contributed by atoms with Gasteiger partial charge in [-0.1, -0.05) is 71.9 Å². The number of aliphatic hydroxyl groups excluding tert-OH is 1. The number of benzene rings is 1. The molecule has 35 heavy (non-hydrogen) atoms. The molecule has 1 fully saturated rings. The van der Waals surface area contributed by atoms with Crippen LogP contribution in [0.2, 0.25) is 36.3 Å². The summed E-state index contributed by atoms with van der Waals surface area (Å²) >= 11 is 1.67. The van der Waals surface area contributed by atoms with E-state index in [2.05, 4.69) is 79.9 Å². The van der Waals surface area contributed by atoms with Crippen molar-refractivity contribution in [2.45, 2.75) is 114 Å². The van der Waals surface area contributed by atoms with Gasteiger partial charge in [-0.05, 0) is 48.8 Å². The molecule has 0 amide bonds. The van der Waals surface area contributed by atoms with E-state index in [9.17, 15) is 9.90 Å². The predicted octanol–water partition coefficient (Wildman–Crippen LogP) is 6.62. The summed E-state index contributed by atoms with van der Waals surface area (Å²) < 4.78 is 19.2. The average molecular weight is 541 g/mol. The third kappa shape index (κ3) is 7.23. The Morgan fingerprint density at radius 1 is 0.914 bits per heavy atom. The van der Waals surface area contributed by atoms with Crippen molar-refractivity contribution < 1.29 is 23.5 Å². The fourth-order valence-electron chi connectivity index (χ4n) is 3.77. The molecule has 5 nitrogen and oxygen atoms in total. The molecule has 2 rings (SSSR count). The monoisotopic (exact) mass is 540 g/mol. The normalized spacial score (nSPS) is 26.1. The molecule has 1 aliphatic carbocycles. The largest absolute Gasteiger partial charge is 0.466 e. The Kier molecular flexibility index (Phi) is 9.95. The van der Waals surface area contributed by atoms with Crippen LogP contribution in [0.25, 0.3) is 0 Å². The van der Waals surface area contributed by atoms with E-state index in [-0.39, 0.29) is 21.3 Å². The van der Waals surface area contributed by atoms with E-state index in [1.165, 1.54) is 5.56 Å². The lowest BCUT2D eigenvalue weighted by atomic mass is 10.1. The first-order valence-corrected chi connectivity index (χ1v) is 19.7. The van der Waals surface area contributed by atoms with Crippen LogP contribution in [-0.2, 0) is 24.1 Å². The van der Waals surface area contributed by atoms with Crippen LogP contribution in [0, 0.1) is 5.92 Å². The van der Waals surface area contributed by atoms with Crippen molar-refractivity contribution in [1.29, 1.82) is 0 Å². The molecule has 5 atom stereocenters. The Labute approximate surface area is 220 Å². The molecule has 0 aromatic heterocycles. The second kappa shape index (κ2) is 11.4. The average Bonchev–Trinajstić information content (AvgIpc) is 2.96. The Hall–Kier alpha value is -0.646. The summed E-state index contributed by atoms with van der Waals surface area (Å²) in [4.78, 5) is 13.4. The number of carbonyl (C=O) groups is 1. The van der Waals surface area contributed by atoms with Crippen molar-refractivity contribution in [2.24, 2.45) is 5.92 Å². The number of rotatable bonds is 9. The number of thioether (sulfide) groups is 1. The summed E-state index contributed by atoms with van der Waals surface area (Å²) in [6.45, 7) is 23.9. The fourth-order valence-corrected chi connectivity index (χ4v) is 7.97. The summed E-state index contributed by atoms with van der Waals surface area (Å²) in [7, 11) is -4.52. The number of esters is 1. The molecule has 0 unspecified atom stereocenters. The van der Waals surface area contributed by atoms with Gasteiger partial charge in [-0.15, -0.1) is 0 Å². The highest BCUT2D eigenvalue weighted by Gasteiger charge is 2.59. The van der Waals surface area contributed by atoms with Crippen molar-refractivity contribution in [3.8, 4) is 0 Å². The van der Waals surface area contributed by atoms with Crippen molar-refractivity contribution in [2.75, 3.05) is 6.61 Å². The van der Waals surface area contributed by atoms with E-state index < -0.39 is 40.9 Å². The molecular formula is C27H48O5SSi2. The number of carbonyl (C=O) groups excluding carboxylic acids is 1. The summed E-state index contributed by atoms with van der Waals surface area (Å²) in [5.74, 6) is -0.178. The van der Waals surface area contributed by atoms with E-state index >= 15 is 0 Å². The van der Waals surface area contributed by atoms with Crippen LogP contribution in [0.5, 0.6) is 0 Å². The Morgan fingerprint density at radius 3 is 1.86 bits per heavy atom. The second-order valence-electron chi connectivity index (χ2n) is 12.7. The van der Waals surface area contributed by atoms with E-state index in [0.717, 1.165) is 5.75 Å². The SMILES string of the molecule is CCOC(=O)[C@H]1[C@@H](O[Si](C)(C)C(C)(C)C)[C@@H](O)[C@H](O[Si](C)(C)C(C)(C)C)[C@@H]1SCc1ccccc1. The zero-order valence-electron chi connectivity index (χ0n) is 23.7. The molecule has 0 bridgehead atoms. The van der Waals surface area contributed by atoms with Crippen LogP contribution in [0.15, 0.2) is 30.3 Å². The first-order valence-electron chi connectivity index (χ1n) is 12.8. The smallest absolute Gasteiger partial charge is 0.312 e.